The van der Waals surface area contributed by atoms with Crippen LogP contribution in [0.5, 0.6) is 0 Å². The number of hydrogen-bond acceptors (Lipinski definition) is 3. The molecular formula is C15H19N3O2. The van der Waals surface area contributed by atoms with Crippen LogP contribution in [0, 0.1) is 5.92 Å². The van der Waals surface area contributed by atoms with Crippen LogP contribution in [-0.2, 0) is 16.0 Å². The molecule has 0 aromatic heterocycles. The molecule has 5 heteroatoms. The van der Waals surface area contributed by atoms with E-state index in [2.05, 4.69) is 22.9 Å². The Bertz CT molecular complexity index is 556. The first kappa shape index (κ1) is 13.1. The molecule has 2 aliphatic heterocycles. The van der Waals surface area contributed by atoms with Gasteiger partial charge >= 0.3 is 0 Å². The molecule has 1 aromatic rings. The first-order chi connectivity index (χ1) is 9.63. The van der Waals surface area contributed by atoms with Crippen molar-refractivity contribution in [2.45, 2.75) is 32.2 Å². The topological polar surface area (TPSA) is 70.2 Å². The zero-order valence-electron chi connectivity index (χ0n) is 11.5. The maximum atomic E-state index is 12.2. The first-order valence-electron chi connectivity index (χ1n) is 7.10. The molecule has 0 saturated carbocycles. The maximum absolute atomic E-state index is 12.2. The minimum Gasteiger partial charge on any atom is -0.326 e. The third-order valence-electron chi connectivity index (χ3n) is 4.08. The third kappa shape index (κ3) is 2.54. The second kappa shape index (κ2) is 5.25. The highest BCUT2D eigenvalue weighted by Gasteiger charge is 2.29. The molecule has 2 unspecified atom stereocenters. The summed E-state index contributed by atoms with van der Waals surface area (Å²) in [6, 6.07) is 5.53. The lowest BCUT2D eigenvalue weighted by atomic mass is 10.0. The van der Waals surface area contributed by atoms with Gasteiger partial charge in [0.2, 0.25) is 11.8 Å². The number of fused-ring (bicyclic) bond motifs is 1. The average molecular weight is 273 g/mol. The van der Waals surface area contributed by atoms with Crippen LogP contribution >= 0.6 is 0 Å². The van der Waals surface area contributed by atoms with Crippen LogP contribution in [0.4, 0.5) is 11.4 Å². The Hall–Kier alpha value is -1.88. The number of carbonyl (C=O) groups is 2. The van der Waals surface area contributed by atoms with E-state index < -0.39 is 0 Å². The maximum Gasteiger partial charge on any atom is 0.241 e. The molecule has 2 aliphatic rings. The van der Waals surface area contributed by atoms with Crippen molar-refractivity contribution in [1.29, 1.82) is 0 Å². The Balaban J connectivity index is 1.72. The smallest absolute Gasteiger partial charge is 0.241 e. The standard InChI is InChI=1S/C15H19N3O2/c1-9-6-7-16-14(9)15(20)17-11-3-4-12-10(8-11)2-5-13(19)18-12/h3-4,8-9,14,16H,2,5-7H2,1H3,(H,17,20)(H,18,19). The lowest BCUT2D eigenvalue weighted by Gasteiger charge is -2.19. The molecule has 5 nitrogen and oxygen atoms in total. The predicted octanol–water partition coefficient (Wildman–Crippen LogP) is 1.51. The van der Waals surface area contributed by atoms with Crippen LogP contribution in [0.1, 0.15) is 25.3 Å². The highest BCUT2D eigenvalue weighted by molar-refractivity contribution is 5.97. The minimum absolute atomic E-state index is 0.0230. The van der Waals surface area contributed by atoms with E-state index >= 15 is 0 Å². The highest BCUT2D eigenvalue weighted by Crippen LogP contribution is 2.26. The Morgan fingerprint density at radius 3 is 2.95 bits per heavy atom. The molecule has 1 saturated heterocycles. The van der Waals surface area contributed by atoms with Gasteiger partial charge < -0.3 is 16.0 Å². The van der Waals surface area contributed by atoms with Gasteiger partial charge in [0.1, 0.15) is 0 Å². The fraction of sp³-hybridized carbons (Fsp3) is 0.467. The molecule has 20 heavy (non-hydrogen) atoms. The van der Waals surface area contributed by atoms with E-state index in [1.54, 1.807) is 0 Å². The molecule has 2 heterocycles. The number of amides is 2. The van der Waals surface area contributed by atoms with Crippen molar-refractivity contribution in [3.05, 3.63) is 23.8 Å². The van der Waals surface area contributed by atoms with E-state index in [1.165, 1.54) is 0 Å². The zero-order chi connectivity index (χ0) is 14.1. The summed E-state index contributed by atoms with van der Waals surface area (Å²) in [6.45, 7) is 2.99. The number of carbonyl (C=O) groups excluding carboxylic acids is 2. The van der Waals surface area contributed by atoms with Gasteiger partial charge in [-0.05, 0) is 49.1 Å². The van der Waals surface area contributed by atoms with Gasteiger partial charge in [0.15, 0.2) is 0 Å². The monoisotopic (exact) mass is 273 g/mol. The zero-order valence-corrected chi connectivity index (χ0v) is 11.5. The fourth-order valence-electron chi connectivity index (χ4n) is 2.87. The number of aryl methyl sites for hydroxylation is 1. The number of hydrogen-bond donors (Lipinski definition) is 3. The van der Waals surface area contributed by atoms with Crippen molar-refractivity contribution >= 4 is 23.2 Å². The molecule has 0 radical (unpaired) electrons. The van der Waals surface area contributed by atoms with Gasteiger partial charge in [0.05, 0.1) is 6.04 Å². The van der Waals surface area contributed by atoms with Gasteiger partial charge in [-0.15, -0.1) is 0 Å². The van der Waals surface area contributed by atoms with E-state index in [-0.39, 0.29) is 17.9 Å². The lowest BCUT2D eigenvalue weighted by Crippen LogP contribution is -2.39. The summed E-state index contributed by atoms with van der Waals surface area (Å²) in [7, 11) is 0. The normalized spacial score (nSPS) is 24.9. The summed E-state index contributed by atoms with van der Waals surface area (Å²) in [5, 5.41) is 9.03. The van der Waals surface area contributed by atoms with Crippen LogP contribution in [0.3, 0.4) is 0 Å². The Morgan fingerprint density at radius 2 is 2.20 bits per heavy atom. The van der Waals surface area contributed by atoms with E-state index in [0.717, 1.165) is 36.3 Å². The summed E-state index contributed by atoms with van der Waals surface area (Å²) < 4.78 is 0. The second-order valence-corrected chi connectivity index (χ2v) is 5.61. The Morgan fingerprint density at radius 1 is 1.35 bits per heavy atom. The van der Waals surface area contributed by atoms with Crippen LogP contribution in [0.15, 0.2) is 18.2 Å². The molecule has 1 fully saturated rings. The quantitative estimate of drug-likeness (QED) is 0.765. The van der Waals surface area contributed by atoms with Crippen molar-refractivity contribution < 1.29 is 9.59 Å². The summed E-state index contributed by atoms with van der Waals surface area (Å²) in [5.74, 6) is 0.444. The lowest BCUT2D eigenvalue weighted by molar-refractivity contribution is -0.118. The summed E-state index contributed by atoms with van der Waals surface area (Å²) in [5.41, 5.74) is 2.73. The van der Waals surface area contributed by atoms with Crippen LogP contribution < -0.4 is 16.0 Å². The van der Waals surface area contributed by atoms with Crippen molar-refractivity contribution in [3.63, 3.8) is 0 Å². The van der Waals surface area contributed by atoms with Gasteiger partial charge in [-0.25, -0.2) is 0 Å². The number of anilines is 2. The van der Waals surface area contributed by atoms with Gasteiger partial charge in [0, 0.05) is 17.8 Å². The van der Waals surface area contributed by atoms with Crippen LogP contribution in [0.2, 0.25) is 0 Å². The Kier molecular flexibility index (Phi) is 3.44. The van der Waals surface area contributed by atoms with Crippen molar-refractivity contribution in [1.82, 2.24) is 5.32 Å². The second-order valence-electron chi connectivity index (χ2n) is 5.61. The first-order valence-corrected chi connectivity index (χ1v) is 7.10. The van der Waals surface area contributed by atoms with Gasteiger partial charge in [-0.2, -0.15) is 0 Å². The molecule has 3 N–H and O–H groups in total. The SMILES string of the molecule is CC1CCNC1C(=O)Nc1ccc2c(c1)CCC(=O)N2. The molecule has 3 rings (SSSR count). The van der Waals surface area contributed by atoms with E-state index in [0.29, 0.717) is 12.3 Å². The molecule has 0 aliphatic carbocycles. The number of benzene rings is 1. The van der Waals surface area contributed by atoms with Crippen molar-refractivity contribution in [2.75, 3.05) is 17.2 Å². The number of rotatable bonds is 2. The molecular weight excluding hydrogens is 254 g/mol. The van der Waals surface area contributed by atoms with Crippen LogP contribution in [-0.4, -0.2) is 24.4 Å². The predicted molar refractivity (Wildman–Crippen MR) is 77.6 cm³/mol. The summed E-state index contributed by atoms with van der Waals surface area (Å²) >= 11 is 0. The largest absolute Gasteiger partial charge is 0.326 e. The summed E-state index contributed by atoms with van der Waals surface area (Å²) in [4.78, 5) is 23.5. The van der Waals surface area contributed by atoms with Gasteiger partial charge in [-0.3, -0.25) is 9.59 Å². The molecule has 2 amide bonds. The Labute approximate surface area is 118 Å². The fourth-order valence-corrected chi connectivity index (χ4v) is 2.87. The third-order valence-corrected chi connectivity index (χ3v) is 4.08. The molecule has 0 spiro atoms. The van der Waals surface area contributed by atoms with Crippen LogP contribution in [0.25, 0.3) is 0 Å². The van der Waals surface area contributed by atoms with Gasteiger partial charge in [0.25, 0.3) is 0 Å². The van der Waals surface area contributed by atoms with E-state index in [9.17, 15) is 9.59 Å². The van der Waals surface area contributed by atoms with Crippen molar-refractivity contribution in [2.24, 2.45) is 5.92 Å². The molecule has 106 valence electrons. The van der Waals surface area contributed by atoms with Gasteiger partial charge in [-0.1, -0.05) is 6.92 Å². The van der Waals surface area contributed by atoms with E-state index in [1.807, 2.05) is 18.2 Å². The average Bonchev–Trinajstić information content (AvgIpc) is 2.85. The molecule has 2 atom stereocenters. The van der Waals surface area contributed by atoms with Crippen molar-refractivity contribution in [3.8, 4) is 0 Å². The highest BCUT2D eigenvalue weighted by atomic mass is 16.2. The van der Waals surface area contributed by atoms with E-state index in [4.69, 9.17) is 0 Å². The molecule has 0 bridgehead atoms. The minimum atomic E-state index is -0.106. The molecule has 1 aromatic carbocycles. The number of nitrogens with one attached hydrogen (secondary N) is 3. The summed E-state index contributed by atoms with van der Waals surface area (Å²) in [6.07, 6.45) is 2.27.